The van der Waals surface area contributed by atoms with Crippen molar-refractivity contribution in [3.8, 4) is 0 Å². The largest absolute Gasteiger partial charge is 0.416 e. The number of ether oxygens (including phenoxy) is 2. The van der Waals surface area contributed by atoms with Gasteiger partial charge >= 0.3 is 12.4 Å². The number of halogens is 8. The highest BCUT2D eigenvalue weighted by atomic mass is 35.5. The van der Waals surface area contributed by atoms with E-state index in [9.17, 15) is 30.7 Å². The van der Waals surface area contributed by atoms with Crippen LogP contribution in [0.1, 0.15) is 46.9 Å². The van der Waals surface area contributed by atoms with Crippen LogP contribution in [0, 0.1) is 5.82 Å². The van der Waals surface area contributed by atoms with Gasteiger partial charge in [-0.2, -0.15) is 26.3 Å². The third-order valence-electron chi connectivity index (χ3n) is 6.17. The molecule has 1 unspecified atom stereocenters. The van der Waals surface area contributed by atoms with Gasteiger partial charge in [-0.05, 0) is 53.9 Å². The number of benzene rings is 3. The smallest absolute Gasteiger partial charge is 0.349 e. The van der Waals surface area contributed by atoms with Crippen LogP contribution in [-0.4, -0.2) is 24.3 Å². The molecule has 0 spiro atoms. The molecule has 0 N–H and O–H groups in total. The van der Waals surface area contributed by atoms with Gasteiger partial charge in [-0.3, -0.25) is 4.90 Å². The number of hydrogen-bond acceptors (Lipinski definition) is 3. The van der Waals surface area contributed by atoms with Gasteiger partial charge < -0.3 is 9.47 Å². The van der Waals surface area contributed by atoms with E-state index in [1.807, 2.05) is 35.2 Å². The van der Waals surface area contributed by atoms with Crippen molar-refractivity contribution >= 4 is 12.4 Å². The van der Waals surface area contributed by atoms with Crippen LogP contribution < -0.4 is 0 Å². The third kappa shape index (κ3) is 7.25. The van der Waals surface area contributed by atoms with Crippen LogP contribution in [0.15, 0.2) is 72.8 Å². The Morgan fingerprint density at radius 1 is 0.895 bits per heavy atom. The van der Waals surface area contributed by atoms with E-state index in [1.54, 1.807) is 12.1 Å². The first-order valence-electron chi connectivity index (χ1n) is 11.5. The Bertz CT molecular complexity index is 1150. The minimum absolute atomic E-state index is 0. The molecule has 11 heteroatoms. The number of alkyl halides is 6. The molecule has 0 bridgehead atoms. The third-order valence-corrected chi connectivity index (χ3v) is 6.17. The number of nitrogens with zero attached hydrogens (tertiary/aromatic N) is 1. The number of hydrogen-bond donors (Lipinski definition) is 0. The van der Waals surface area contributed by atoms with Gasteiger partial charge in [0.1, 0.15) is 5.82 Å². The summed E-state index contributed by atoms with van der Waals surface area (Å²) in [4.78, 5) is 2.02. The standard InChI is InChI=1S/C27H24F7NO2.ClH/c1-17(20-13-21(26(29,30)31)15-22(14-20)27(32,33)34)37-25-24(19-7-9-23(28)10-8-19)35(11-12-36-25)16-18-5-3-2-4-6-18;/h2-10,13-15,17,24-25H,11-12,16H2,1H3;1H/t17?,24-,25+;/m0./s1. The van der Waals surface area contributed by atoms with Gasteiger partial charge in [0.25, 0.3) is 0 Å². The normalized spacial score (nSPS) is 19.6. The van der Waals surface area contributed by atoms with Crippen molar-refractivity contribution in [1.82, 2.24) is 4.90 Å². The summed E-state index contributed by atoms with van der Waals surface area (Å²) in [6.07, 6.45) is -12.2. The van der Waals surface area contributed by atoms with Crippen LogP contribution in [-0.2, 0) is 28.4 Å². The molecule has 3 aromatic carbocycles. The quantitative estimate of drug-likeness (QED) is 0.284. The van der Waals surface area contributed by atoms with Crippen LogP contribution in [0.4, 0.5) is 30.7 Å². The molecule has 4 rings (SSSR count). The average Bonchev–Trinajstić information content (AvgIpc) is 2.84. The highest BCUT2D eigenvalue weighted by Gasteiger charge is 2.39. The van der Waals surface area contributed by atoms with Gasteiger partial charge in [0.05, 0.1) is 29.9 Å². The maximum absolute atomic E-state index is 13.6. The van der Waals surface area contributed by atoms with Gasteiger partial charge in [-0.25, -0.2) is 4.39 Å². The van der Waals surface area contributed by atoms with Crippen LogP contribution in [0.25, 0.3) is 0 Å². The van der Waals surface area contributed by atoms with Crippen molar-refractivity contribution in [3.05, 3.63) is 106 Å². The van der Waals surface area contributed by atoms with E-state index < -0.39 is 47.7 Å². The van der Waals surface area contributed by atoms with Crippen molar-refractivity contribution in [2.24, 2.45) is 0 Å². The summed E-state index contributed by atoms with van der Waals surface area (Å²) >= 11 is 0. The van der Waals surface area contributed by atoms with E-state index in [0.29, 0.717) is 30.8 Å². The number of morpholine rings is 1. The molecule has 3 aromatic rings. The summed E-state index contributed by atoms with van der Waals surface area (Å²) in [6, 6.07) is 15.9. The molecule has 0 radical (unpaired) electrons. The molecule has 1 saturated heterocycles. The summed E-state index contributed by atoms with van der Waals surface area (Å²) in [5.41, 5.74) is -1.51. The molecule has 38 heavy (non-hydrogen) atoms. The van der Waals surface area contributed by atoms with Gasteiger partial charge in [-0.15, -0.1) is 12.4 Å². The lowest BCUT2D eigenvalue weighted by atomic mass is 10.00. The lowest BCUT2D eigenvalue weighted by molar-refractivity contribution is -0.231. The van der Waals surface area contributed by atoms with E-state index >= 15 is 0 Å². The molecule has 0 aliphatic carbocycles. The highest BCUT2D eigenvalue weighted by molar-refractivity contribution is 5.85. The molecule has 1 heterocycles. The average molecular weight is 564 g/mol. The van der Waals surface area contributed by atoms with E-state index in [-0.39, 0.29) is 30.6 Å². The molecule has 3 nitrogen and oxygen atoms in total. The fourth-order valence-electron chi connectivity index (χ4n) is 4.32. The number of rotatable bonds is 6. The highest BCUT2D eigenvalue weighted by Crippen LogP contribution is 2.40. The molecule has 0 amide bonds. The predicted molar refractivity (Wildman–Crippen MR) is 129 cm³/mol. The molecule has 0 saturated carbocycles. The van der Waals surface area contributed by atoms with E-state index in [0.717, 1.165) is 5.56 Å². The second kappa shape index (κ2) is 12.0. The predicted octanol–water partition coefficient (Wildman–Crippen LogP) is 7.96. The molecular formula is C27H25ClF7NO2. The molecule has 1 fully saturated rings. The van der Waals surface area contributed by atoms with Crippen molar-refractivity contribution in [3.63, 3.8) is 0 Å². The van der Waals surface area contributed by atoms with Crippen molar-refractivity contribution < 1.29 is 40.2 Å². The Hall–Kier alpha value is -2.66. The topological polar surface area (TPSA) is 21.7 Å². The fourth-order valence-corrected chi connectivity index (χ4v) is 4.32. The Morgan fingerprint density at radius 3 is 2.03 bits per heavy atom. The van der Waals surface area contributed by atoms with Gasteiger partial charge in [0.15, 0.2) is 6.29 Å². The maximum atomic E-state index is 13.6. The van der Waals surface area contributed by atoms with Crippen LogP contribution >= 0.6 is 12.4 Å². The molecular weight excluding hydrogens is 539 g/mol. The molecule has 1 aliphatic rings. The Labute approximate surface area is 221 Å². The van der Waals surface area contributed by atoms with Crippen LogP contribution in [0.2, 0.25) is 0 Å². The SMILES string of the molecule is CC(O[C@H]1OCCN(Cc2ccccc2)[C@H]1c1ccc(F)cc1)c1cc(C(F)(F)F)cc(C(F)(F)F)c1.Cl. The zero-order chi connectivity index (χ0) is 26.8. The summed E-state index contributed by atoms with van der Waals surface area (Å²) in [7, 11) is 0. The summed E-state index contributed by atoms with van der Waals surface area (Å²) in [5.74, 6) is -0.454. The maximum Gasteiger partial charge on any atom is 0.416 e. The van der Waals surface area contributed by atoms with Gasteiger partial charge in [-0.1, -0.05) is 42.5 Å². The van der Waals surface area contributed by atoms with Crippen molar-refractivity contribution in [2.75, 3.05) is 13.2 Å². The fraction of sp³-hybridized carbons (Fsp3) is 0.333. The second-order valence-electron chi connectivity index (χ2n) is 8.81. The van der Waals surface area contributed by atoms with Gasteiger partial charge in [0.2, 0.25) is 0 Å². The Kier molecular flexibility index (Phi) is 9.46. The van der Waals surface area contributed by atoms with Crippen molar-refractivity contribution in [1.29, 1.82) is 0 Å². The molecule has 206 valence electrons. The van der Waals surface area contributed by atoms with Gasteiger partial charge in [0, 0.05) is 13.1 Å². The zero-order valence-corrected chi connectivity index (χ0v) is 20.9. The lowest BCUT2D eigenvalue weighted by Crippen LogP contribution is -2.46. The zero-order valence-electron chi connectivity index (χ0n) is 20.1. The van der Waals surface area contributed by atoms with E-state index in [1.165, 1.54) is 19.1 Å². The summed E-state index contributed by atoms with van der Waals surface area (Å²) < 4.78 is 106. The van der Waals surface area contributed by atoms with E-state index in [4.69, 9.17) is 9.47 Å². The first-order chi connectivity index (χ1) is 17.4. The van der Waals surface area contributed by atoms with E-state index in [2.05, 4.69) is 0 Å². The molecule has 0 aromatic heterocycles. The monoisotopic (exact) mass is 563 g/mol. The molecule has 3 atom stereocenters. The minimum Gasteiger partial charge on any atom is -0.349 e. The second-order valence-corrected chi connectivity index (χ2v) is 8.81. The summed E-state index contributed by atoms with van der Waals surface area (Å²) in [6.45, 7) is 2.55. The van der Waals surface area contributed by atoms with Crippen LogP contribution in [0.5, 0.6) is 0 Å². The molecule has 1 aliphatic heterocycles. The Balaban J connectivity index is 0.00000400. The first kappa shape index (κ1) is 29.9. The first-order valence-corrected chi connectivity index (χ1v) is 11.5. The summed E-state index contributed by atoms with van der Waals surface area (Å²) in [5, 5.41) is 0. The van der Waals surface area contributed by atoms with Crippen molar-refractivity contribution in [2.45, 2.75) is 44.3 Å². The van der Waals surface area contributed by atoms with Crippen LogP contribution in [0.3, 0.4) is 0 Å². The minimum atomic E-state index is -4.97. The lowest BCUT2D eigenvalue weighted by Gasteiger charge is -2.42. The Morgan fingerprint density at radius 2 is 1.47 bits per heavy atom.